The molecule has 7 heteroatoms. The molecule has 0 unspecified atom stereocenters. The van der Waals surface area contributed by atoms with Crippen LogP contribution >= 0.6 is 11.6 Å². The highest BCUT2D eigenvalue weighted by Gasteiger charge is 2.11. The molecule has 0 saturated carbocycles. The number of rotatable bonds is 3. The molecule has 0 amide bonds. The summed E-state index contributed by atoms with van der Waals surface area (Å²) in [5.74, 6) is 0.270. The predicted octanol–water partition coefficient (Wildman–Crippen LogP) is 2.76. The number of benzene rings is 2. The second-order valence-electron chi connectivity index (χ2n) is 4.56. The molecule has 1 aromatic heterocycles. The van der Waals surface area contributed by atoms with Gasteiger partial charge in [-0.05, 0) is 46.3 Å². The summed E-state index contributed by atoms with van der Waals surface area (Å²) < 4.78 is 14.5. The molecule has 0 aliphatic carbocycles. The van der Waals surface area contributed by atoms with Gasteiger partial charge in [-0.2, -0.15) is 0 Å². The molecule has 0 saturated heterocycles. The number of nitrogens with zero attached hydrogens (tertiary/aromatic N) is 4. The quantitative estimate of drug-likeness (QED) is 0.755. The molecule has 106 valence electrons. The standard InChI is InChI=1S/C14H11ClFN5/c15-11-5-10(6-13(17)7-11)14-18-19-20-21(14)8-9-1-3-12(16)4-2-9/h1-7H,8,17H2. The van der Waals surface area contributed by atoms with Crippen LogP contribution in [0.25, 0.3) is 11.4 Å². The Morgan fingerprint density at radius 3 is 2.62 bits per heavy atom. The average Bonchev–Trinajstić information content (AvgIpc) is 2.88. The Kier molecular flexibility index (Phi) is 3.53. The molecule has 3 aromatic rings. The van der Waals surface area contributed by atoms with E-state index in [0.29, 0.717) is 23.1 Å². The Hall–Kier alpha value is -2.47. The number of nitrogens with two attached hydrogens (primary N) is 1. The molecule has 0 spiro atoms. The van der Waals surface area contributed by atoms with Gasteiger partial charge in [0, 0.05) is 16.3 Å². The van der Waals surface area contributed by atoms with Crippen molar-refractivity contribution in [2.24, 2.45) is 0 Å². The lowest BCUT2D eigenvalue weighted by Crippen LogP contribution is -2.04. The van der Waals surface area contributed by atoms with Crippen LogP contribution < -0.4 is 5.73 Å². The fraction of sp³-hybridized carbons (Fsp3) is 0.0714. The Morgan fingerprint density at radius 1 is 1.14 bits per heavy atom. The molecule has 1 heterocycles. The van der Waals surface area contributed by atoms with Crippen LogP contribution in [0.3, 0.4) is 0 Å². The third-order valence-corrected chi connectivity index (χ3v) is 3.17. The molecule has 2 aromatic carbocycles. The van der Waals surface area contributed by atoms with Crippen molar-refractivity contribution in [2.75, 3.05) is 5.73 Å². The average molecular weight is 304 g/mol. The number of halogens is 2. The zero-order valence-corrected chi connectivity index (χ0v) is 11.6. The van der Waals surface area contributed by atoms with Gasteiger partial charge in [0.25, 0.3) is 0 Å². The minimum atomic E-state index is -0.279. The van der Waals surface area contributed by atoms with E-state index < -0.39 is 0 Å². The SMILES string of the molecule is Nc1cc(Cl)cc(-c2nnnn2Cc2ccc(F)cc2)c1. The molecule has 2 N–H and O–H groups in total. The Balaban J connectivity index is 1.95. The fourth-order valence-electron chi connectivity index (χ4n) is 2.02. The molecule has 0 fully saturated rings. The Morgan fingerprint density at radius 2 is 1.90 bits per heavy atom. The summed E-state index contributed by atoms with van der Waals surface area (Å²) in [6.07, 6.45) is 0. The predicted molar refractivity (Wildman–Crippen MR) is 78.2 cm³/mol. The maximum absolute atomic E-state index is 12.9. The van der Waals surface area contributed by atoms with E-state index in [1.54, 1.807) is 35.0 Å². The van der Waals surface area contributed by atoms with Gasteiger partial charge in [-0.25, -0.2) is 9.07 Å². The summed E-state index contributed by atoms with van der Waals surface area (Å²) in [5.41, 5.74) is 7.93. The lowest BCUT2D eigenvalue weighted by molar-refractivity contribution is 0.622. The van der Waals surface area contributed by atoms with Crippen LogP contribution in [0.1, 0.15) is 5.56 Å². The number of nitrogen functional groups attached to an aromatic ring is 1. The second kappa shape index (κ2) is 5.49. The zero-order chi connectivity index (χ0) is 14.8. The van der Waals surface area contributed by atoms with E-state index in [1.165, 1.54) is 12.1 Å². The molecular weight excluding hydrogens is 293 g/mol. The lowest BCUT2D eigenvalue weighted by Gasteiger charge is -2.06. The molecule has 0 bridgehead atoms. The summed E-state index contributed by atoms with van der Waals surface area (Å²) in [6.45, 7) is 0.426. The zero-order valence-electron chi connectivity index (χ0n) is 10.9. The van der Waals surface area contributed by atoms with Gasteiger partial charge < -0.3 is 5.73 Å². The van der Waals surface area contributed by atoms with E-state index in [1.807, 2.05) is 0 Å². The first-order valence-corrected chi connectivity index (χ1v) is 6.57. The highest BCUT2D eigenvalue weighted by atomic mass is 35.5. The first-order valence-electron chi connectivity index (χ1n) is 6.19. The number of hydrogen-bond donors (Lipinski definition) is 1. The summed E-state index contributed by atoms with van der Waals surface area (Å²) in [4.78, 5) is 0. The highest BCUT2D eigenvalue weighted by molar-refractivity contribution is 6.31. The monoisotopic (exact) mass is 303 g/mol. The van der Waals surface area contributed by atoms with Gasteiger partial charge in [0.2, 0.25) is 0 Å². The third-order valence-electron chi connectivity index (χ3n) is 2.96. The van der Waals surface area contributed by atoms with Gasteiger partial charge >= 0.3 is 0 Å². The lowest BCUT2D eigenvalue weighted by atomic mass is 10.2. The molecule has 0 atom stereocenters. The maximum atomic E-state index is 12.9. The molecule has 5 nitrogen and oxygen atoms in total. The van der Waals surface area contributed by atoms with Crippen molar-refractivity contribution in [1.82, 2.24) is 20.2 Å². The number of aromatic nitrogens is 4. The summed E-state index contributed by atoms with van der Waals surface area (Å²) in [5, 5.41) is 12.1. The van der Waals surface area contributed by atoms with E-state index in [0.717, 1.165) is 11.1 Å². The van der Waals surface area contributed by atoms with Crippen LogP contribution in [0.4, 0.5) is 10.1 Å². The van der Waals surface area contributed by atoms with E-state index in [9.17, 15) is 4.39 Å². The van der Waals surface area contributed by atoms with Crippen LogP contribution in [0.2, 0.25) is 5.02 Å². The topological polar surface area (TPSA) is 69.6 Å². The van der Waals surface area contributed by atoms with Crippen LogP contribution in [-0.4, -0.2) is 20.2 Å². The van der Waals surface area contributed by atoms with Gasteiger partial charge in [0.15, 0.2) is 5.82 Å². The number of anilines is 1. The summed E-state index contributed by atoms with van der Waals surface area (Å²) in [7, 11) is 0. The van der Waals surface area contributed by atoms with E-state index in [2.05, 4.69) is 15.5 Å². The Labute approximate surface area is 125 Å². The maximum Gasteiger partial charge on any atom is 0.182 e. The smallest absolute Gasteiger partial charge is 0.182 e. The van der Waals surface area contributed by atoms with Crippen molar-refractivity contribution >= 4 is 17.3 Å². The van der Waals surface area contributed by atoms with Gasteiger partial charge in [-0.3, -0.25) is 0 Å². The first kappa shape index (κ1) is 13.5. The van der Waals surface area contributed by atoms with Crippen LogP contribution in [0, 0.1) is 5.82 Å². The van der Waals surface area contributed by atoms with Crippen molar-refractivity contribution < 1.29 is 4.39 Å². The van der Waals surface area contributed by atoms with Crippen molar-refractivity contribution in [2.45, 2.75) is 6.54 Å². The Bertz CT molecular complexity index is 749. The van der Waals surface area contributed by atoms with Gasteiger partial charge in [0.05, 0.1) is 6.54 Å². The molecule has 0 aliphatic heterocycles. The fourth-order valence-corrected chi connectivity index (χ4v) is 2.27. The van der Waals surface area contributed by atoms with Gasteiger partial charge in [-0.1, -0.05) is 23.7 Å². The first-order chi connectivity index (χ1) is 10.1. The highest BCUT2D eigenvalue weighted by Crippen LogP contribution is 2.24. The van der Waals surface area contributed by atoms with Crippen molar-refractivity contribution in [3.8, 4) is 11.4 Å². The van der Waals surface area contributed by atoms with Gasteiger partial charge in [-0.15, -0.1) is 5.10 Å². The van der Waals surface area contributed by atoms with Crippen molar-refractivity contribution in [3.05, 3.63) is 58.9 Å². The third kappa shape index (κ3) is 3.00. The largest absolute Gasteiger partial charge is 0.399 e. The van der Waals surface area contributed by atoms with Crippen molar-refractivity contribution in [1.29, 1.82) is 0 Å². The number of tetrazole rings is 1. The molecule has 0 radical (unpaired) electrons. The molecule has 3 rings (SSSR count). The minimum absolute atomic E-state index is 0.279. The molecule has 21 heavy (non-hydrogen) atoms. The number of hydrogen-bond acceptors (Lipinski definition) is 4. The van der Waals surface area contributed by atoms with E-state index >= 15 is 0 Å². The summed E-state index contributed by atoms with van der Waals surface area (Å²) in [6, 6.07) is 11.3. The van der Waals surface area contributed by atoms with Crippen LogP contribution in [0.15, 0.2) is 42.5 Å². The molecule has 0 aliphatic rings. The van der Waals surface area contributed by atoms with E-state index in [-0.39, 0.29) is 5.82 Å². The van der Waals surface area contributed by atoms with Crippen LogP contribution in [0.5, 0.6) is 0 Å². The molecular formula is C14H11ClFN5. The minimum Gasteiger partial charge on any atom is -0.399 e. The van der Waals surface area contributed by atoms with E-state index in [4.69, 9.17) is 17.3 Å². The van der Waals surface area contributed by atoms with Crippen LogP contribution in [-0.2, 0) is 6.54 Å². The summed E-state index contributed by atoms with van der Waals surface area (Å²) >= 11 is 6.00. The van der Waals surface area contributed by atoms with Crippen molar-refractivity contribution in [3.63, 3.8) is 0 Å². The van der Waals surface area contributed by atoms with Gasteiger partial charge in [0.1, 0.15) is 5.82 Å². The normalized spacial score (nSPS) is 10.8. The second-order valence-corrected chi connectivity index (χ2v) is 5.00.